The minimum absolute atomic E-state index is 0.0501. The summed E-state index contributed by atoms with van der Waals surface area (Å²) in [6.07, 6.45) is 7.13. The van der Waals surface area contributed by atoms with E-state index in [9.17, 15) is 9.90 Å². The van der Waals surface area contributed by atoms with Gasteiger partial charge in [0.1, 0.15) is 18.0 Å². The van der Waals surface area contributed by atoms with Crippen molar-refractivity contribution >= 4 is 11.9 Å². The van der Waals surface area contributed by atoms with Crippen LogP contribution in [0.5, 0.6) is 11.5 Å². The largest absolute Gasteiger partial charge is 0.508 e. The Bertz CT molecular complexity index is 792. The number of quaternary nitrogens is 1. The molecule has 1 aliphatic rings. The van der Waals surface area contributed by atoms with Gasteiger partial charge in [-0.05, 0) is 61.2 Å². The molecule has 4 heteroatoms. The van der Waals surface area contributed by atoms with Gasteiger partial charge in [0.2, 0.25) is 0 Å². The lowest BCUT2D eigenvalue weighted by atomic mass is 10.0. The standard InChI is InChI=1S/C22H25NO3/c1-26-22-11-9-18(15-19(22)16-23-12-3-2-4-13-23)21(25)10-8-17-6-5-7-20(24)14-17/h5-11,14-15,24H,2-4,12-13,16H2,1H3/p+1/b10-8+. The van der Waals surface area contributed by atoms with Gasteiger partial charge in [0, 0.05) is 11.1 Å². The van der Waals surface area contributed by atoms with Crippen molar-refractivity contribution in [2.45, 2.75) is 25.8 Å². The minimum atomic E-state index is -0.0501. The zero-order chi connectivity index (χ0) is 18.4. The van der Waals surface area contributed by atoms with E-state index >= 15 is 0 Å². The summed E-state index contributed by atoms with van der Waals surface area (Å²) in [5.41, 5.74) is 2.54. The number of piperidine rings is 1. The summed E-state index contributed by atoms with van der Waals surface area (Å²) >= 11 is 0. The maximum Gasteiger partial charge on any atom is 0.185 e. The molecule has 26 heavy (non-hydrogen) atoms. The SMILES string of the molecule is COc1ccc(C(=O)/C=C/c2cccc(O)c2)cc1C[NH+]1CCCCC1. The Kier molecular flexibility index (Phi) is 6.08. The van der Waals surface area contributed by atoms with Crippen LogP contribution in [-0.4, -0.2) is 31.1 Å². The Morgan fingerprint density at radius 3 is 2.69 bits per heavy atom. The lowest BCUT2D eigenvalue weighted by Gasteiger charge is -2.24. The maximum atomic E-state index is 12.6. The Hall–Kier alpha value is -2.59. The van der Waals surface area contributed by atoms with E-state index in [1.54, 1.807) is 42.4 Å². The van der Waals surface area contributed by atoms with Crippen molar-refractivity contribution < 1.29 is 19.5 Å². The number of hydrogen-bond acceptors (Lipinski definition) is 3. The molecule has 0 amide bonds. The van der Waals surface area contributed by atoms with E-state index in [1.165, 1.54) is 32.4 Å². The van der Waals surface area contributed by atoms with Gasteiger partial charge in [-0.2, -0.15) is 0 Å². The summed E-state index contributed by atoms with van der Waals surface area (Å²) in [6.45, 7) is 3.25. The molecule has 2 aromatic carbocycles. The van der Waals surface area contributed by atoms with Crippen molar-refractivity contribution in [3.05, 3.63) is 65.2 Å². The first-order valence-electron chi connectivity index (χ1n) is 9.17. The third kappa shape index (κ3) is 4.73. The average molecular weight is 352 g/mol. The summed E-state index contributed by atoms with van der Waals surface area (Å²) in [4.78, 5) is 14.1. The van der Waals surface area contributed by atoms with E-state index < -0.39 is 0 Å². The van der Waals surface area contributed by atoms with Gasteiger partial charge in [-0.15, -0.1) is 0 Å². The van der Waals surface area contributed by atoms with Gasteiger partial charge in [-0.25, -0.2) is 0 Å². The third-order valence-electron chi connectivity index (χ3n) is 4.86. The fraction of sp³-hybridized carbons (Fsp3) is 0.318. The highest BCUT2D eigenvalue weighted by atomic mass is 16.5. The van der Waals surface area contributed by atoms with Crippen molar-refractivity contribution in [3.8, 4) is 11.5 Å². The average Bonchev–Trinajstić information content (AvgIpc) is 2.67. The molecule has 0 aliphatic carbocycles. The smallest absolute Gasteiger partial charge is 0.185 e. The predicted molar refractivity (Wildman–Crippen MR) is 103 cm³/mol. The molecule has 0 atom stereocenters. The molecule has 136 valence electrons. The number of phenols is 1. The molecule has 1 saturated heterocycles. The fourth-order valence-corrected chi connectivity index (χ4v) is 3.46. The number of carbonyl (C=O) groups is 1. The molecule has 1 heterocycles. The van der Waals surface area contributed by atoms with Crippen LogP contribution >= 0.6 is 0 Å². The van der Waals surface area contributed by atoms with E-state index in [0.717, 1.165) is 23.4 Å². The van der Waals surface area contributed by atoms with E-state index in [-0.39, 0.29) is 11.5 Å². The van der Waals surface area contributed by atoms with Gasteiger partial charge < -0.3 is 14.7 Å². The number of phenolic OH excluding ortho intramolecular Hbond substituents is 1. The van der Waals surface area contributed by atoms with Crippen LogP contribution in [0.3, 0.4) is 0 Å². The molecular formula is C22H26NO3+. The number of aromatic hydroxyl groups is 1. The van der Waals surface area contributed by atoms with Crippen LogP contribution in [0.1, 0.15) is 40.7 Å². The second-order valence-electron chi connectivity index (χ2n) is 6.81. The second-order valence-corrected chi connectivity index (χ2v) is 6.81. The summed E-state index contributed by atoms with van der Waals surface area (Å²) in [5.74, 6) is 0.985. The third-order valence-corrected chi connectivity index (χ3v) is 4.86. The first kappa shape index (κ1) is 18.2. The molecule has 0 saturated carbocycles. The minimum Gasteiger partial charge on any atom is -0.508 e. The summed E-state index contributed by atoms with van der Waals surface area (Å²) in [6, 6.07) is 12.5. The number of likely N-dealkylation sites (tertiary alicyclic amines) is 1. The van der Waals surface area contributed by atoms with Crippen LogP contribution in [0.25, 0.3) is 6.08 Å². The lowest BCUT2D eigenvalue weighted by Crippen LogP contribution is -3.11. The normalized spacial score (nSPS) is 15.3. The van der Waals surface area contributed by atoms with Gasteiger partial charge in [-0.3, -0.25) is 4.79 Å². The van der Waals surface area contributed by atoms with Crippen LogP contribution in [0.15, 0.2) is 48.5 Å². The van der Waals surface area contributed by atoms with E-state index in [2.05, 4.69) is 0 Å². The Labute approximate surface area is 154 Å². The zero-order valence-electron chi connectivity index (χ0n) is 15.2. The molecule has 0 bridgehead atoms. The quantitative estimate of drug-likeness (QED) is 0.621. The second kappa shape index (κ2) is 8.68. The molecular weight excluding hydrogens is 326 g/mol. The predicted octanol–water partition coefficient (Wildman–Crippen LogP) is 2.87. The van der Waals surface area contributed by atoms with Crippen molar-refractivity contribution in [2.24, 2.45) is 0 Å². The van der Waals surface area contributed by atoms with E-state index in [4.69, 9.17) is 4.74 Å². The highest BCUT2D eigenvalue weighted by molar-refractivity contribution is 6.07. The Morgan fingerprint density at radius 1 is 1.15 bits per heavy atom. The van der Waals surface area contributed by atoms with Gasteiger partial charge in [-0.1, -0.05) is 18.2 Å². The van der Waals surface area contributed by atoms with Crippen LogP contribution in [-0.2, 0) is 6.54 Å². The Balaban J connectivity index is 1.76. The molecule has 2 aromatic rings. The van der Waals surface area contributed by atoms with Gasteiger partial charge in [0.15, 0.2) is 5.78 Å². The number of carbonyl (C=O) groups excluding carboxylic acids is 1. The highest BCUT2D eigenvalue weighted by Gasteiger charge is 2.17. The van der Waals surface area contributed by atoms with E-state index in [1.807, 2.05) is 24.3 Å². The molecule has 3 rings (SSSR count). The topological polar surface area (TPSA) is 51.0 Å². The molecule has 0 unspecified atom stereocenters. The maximum absolute atomic E-state index is 12.6. The molecule has 4 nitrogen and oxygen atoms in total. The van der Waals surface area contributed by atoms with Crippen LogP contribution in [0, 0.1) is 0 Å². The van der Waals surface area contributed by atoms with Crippen LogP contribution in [0.2, 0.25) is 0 Å². The highest BCUT2D eigenvalue weighted by Crippen LogP contribution is 2.20. The van der Waals surface area contributed by atoms with Crippen molar-refractivity contribution in [1.82, 2.24) is 0 Å². The fourth-order valence-electron chi connectivity index (χ4n) is 3.46. The molecule has 0 aromatic heterocycles. The Morgan fingerprint density at radius 2 is 1.96 bits per heavy atom. The molecule has 1 aliphatic heterocycles. The van der Waals surface area contributed by atoms with Gasteiger partial charge in [0.05, 0.1) is 20.2 Å². The first-order chi connectivity index (χ1) is 12.7. The van der Waals surface area contributed by atoms with Crippen LogP contribution in [0.4, 0.5) is 0 Å². The first-order valence-corrected chi connectivity index (χ1v) is 9.17. The van der Waals surface area contributed by atoms with E-state index in [0.29, 0.717) is 5.56 Å². The lowest BCUT2D eigenvalue weighted by molar-refractivity contribution is -0.918. The number of nitrogens with one attached hydrogen (secondary N) is 1. The van der Waals surface area contributed by atoms with Crippen LogP contribution < -0.4 is 9.64 Å². The monoisotopic (exact) mass is 352 g/mol. The van der Waals surface area contributed by atoms with Crippen molar-refractivity contribution in [1.29, 1.82) is 0 Å². The number of rotatable bonds is 6. The summed E-state index contributed by atoms with van der Waals surface area (Å²) < 4.78 is 5.49. The molecule has 0 spiro atoms. The van der Waals surface area contributed by atoms with Gasteiger partial charge in [0.25, 0.3) is 0 Å². The number of methoxy groups -OCH3 is 1. The molecule has 1 fully saturated rings. The van der Waals surface area contributed by atoms with Gasteiger partial charge >= 0.3 is 0 Å². The number of allylic oxidation sites excluding steroid dienone is 1. The van der Waals surface area contributed by atoms with Crippen molar-refractivity contribution in [2.75, 3.05) is 20.2 Å². The number of benzene rings is 2. The number of hydrogen-bond donors (Lipinski definition) is 2. The molecule has 2 N–H and O–H groups in total. The number of ketones is 1. The summed E-state index contributed by atoms with van der Waals surface area (Å²) in [7, 11) is 1.67. The summed E-state index contributed by atoms with van der Waals surface area (Å²) in [5, 5.41) is 9.51. The molecule has 0 radical (unpaired) electrons. The number of ether oxygens (including phenoxy) is 1. The zero-order valence-corrected chi connectivity index (χ0v) is 15.2. The van der Waals surface area contributed by atoms with Crippen molar-refractivity contribution in [3.63, 3.8) is 0 Å².